The molecule has 2 aliphatic heterocycles. The van der Waals surface area contributed by atoms with Crippen LogP contribution in [0.5, 0.6) is 0 Å². The Morgan fingerprint density at radius 3 is 2.68 bits per heavy atom. The molecule has 0 bridgehead atoms. The number of nitrogens with one attached hydrogen (secondary N) is 1. The minimum Gasteiger partial charge on any atom is -0.356 e. The average molecular weight is 343 g/mol. The van der Waals surface area contributed by atoms with E-state index in [4.69, 9.17) is 0 Å². The van der Waals surface area contributed by atoms with Gasteiger partial charge in [-0.05, 0) is 51.1 Å². The van der Waals surface area contributed by atoms with Crippen LogP contribution in [0.2, 0.25) is 0 Å². The number of aliphatic imine (C=N–C) groups is 1. The first kappa shape index (κ1) is 18.2. The molecule has 25 heavy (non-hydrogen) atoms. The van der Waals surface area contributed by atoms with E-state index in [1.54, 1.807) is 0 Å². The molecular formula is C21H34N4. The summed E-state index contributed by atoms with van der Waals surface area (Å²) in [6, 6.07) is 11.6. The van der Waals surface area contributed by atoms with Crippen molar-refractivity contribution < 1.29 is 0 Å². The summed E-state index contributed by atoms with van der Waals surface area (Å²) in [4.78, 5) is 9.60. The molecule has 0 aromatic heterocycles. The maximum atomic E-state index is 4.55. The summed E-state index contributed by atoms with van der Waals surface area (Å²) in [5.74, 6) is 2.45. The van der Waals surface area contributed by atoms with Gasteiger partial charge in [-0.3, -0.25) is 4.99 Å². The van der Waals surface area contributed by atoms with E-state index in [1.165, 1.54) is 37.9 Å². The number of rotatable bonds is 4. The van der Waals surface area contributed by atoms with Crippen LogP contribution in [-0.2, 0) is 0 Å². The Morgan fingerprint density at radius 1 is 1.16 bits per heavy atom. The molecule has 2 saturated heterocycles. The van der Waals surface area contributed by atoms with Gasteiger partial charge in [0.05, 0.1) is 0 Å². The highest BCUT2D eigenvalue weighted by molar-refractivity contribution is 5.80. The molecule has 0 spiro atoms. The third-order valence-electron chi connectivity index (χ3n) is 5.80. The lowest BCUT2D eigenvalue weighted by molar-refractivity contribution is 0.140. The third kappa shape index (κ3) is 4.75. The van der Waals surface area contributed by atoms with Gasteiger partial charge in [-0.25, -0.2) is 0 Å². The molecule has 2 aliphatic rings. The van der Waals surface area contributed by atoms with Crippen LogP contribution in [0.15, 0.2) is 35.3 Å². The summed E-state index contributed by atoms with van der Waals surface area (Å²) < 4.78 is 0. The highest BCUT2D eigenvalue weighted by Crippen LogP contribution is 2.27. The summed E-state index contributed by atoms with van der Waals surface area (Å²) in [5, 5.41) is 3.66. The number of hydrogen-bond donors (Lipinski definition) is 1. The smallest absolute Gasteiger partial charge is 0.193 e. The molecule has 1 aromatic carbocycles. The summed E-state index contributed by atoms with van der Waals surface area (Å²) in [5.41, 5.74) is 1.46. The minimum atomic E-state index is 0.630. The zero-order valence-corrected chi connectivity index (χ0v) is 16.1. The minimum absolute atomic E-state index is 0.630. The van der Waals surface area contributed by atoms with E-state index >= 15 is 0 Å². The van der Waals surface area contributed by atoms with Gasteiger partial charge in [0.15, 0.2) is 5.96 Å². The fourth-order valence-corrected chi connectivity index (χ4v) is 4.25. The van der Waals surface area contributed by atoms with Gasteiger partial charge in [-0.15, -0.1) is 0 Å². The molecule has 1 N–H and O–H groups in total. The second-order valence-corrected chi connectivity index (χ2v) is 7.87. The SMILES string of the molecule is CN=C(NCC1CCCN(C(C)C)C1)N1CCC(c2ccccc2)C1. The van der Waals surface area contributed by atoms with Crippen LogP contribution >= 0.6 is 0 Å². The van der Waals surface area contributed by atoms with Crippen LogP contribution in [0.3, 0.4) is 0 Å². The maximum absolute atomic E-state index is 4.55. The summed E-state index contributed by atoms with van der Waals surface area (Å²) in [6.45, 7) is 10.3. The number of guanidine groups is 1. The molecule has 0 aliphatic carbocycles. The molecule has 0 saturated carbocycles. The highest BCUT2D eigenvalue weighted by atomic mass is 15.3. The van der Waals surface area contributed by atoms with Crippen LogP contribution in [0.25, 0.3) is 0 Å². The zero-order chi connectivity index (χ0) is 17.6. The van der Waals surface area contributed by atoms with E-state index in [-0.39, 0.29) is 0 Å². The first-order valence-corrected chi connectivity index (χ1v) is 9.92. The molecule has 4 nitrogen and oxygen atoms in total. The van der Waals surface area contributed by atoms with Crippen molar-refractivity contribution >= 4 is 5.96 Å². The molecule has 2 fully saturated rings. The van der Waals surface area contributed by atoms with Crippen molar-refractivity contribution in [2.75, 3.05) is 39.8 Å². The van der Waals surface area contributed by atoms with Crippen molar-refractivity contribution in [1.82, 2.24) is 15.1 Å². The van der Waals surface area contributed by atoms with Gasteiger partial charge >= 0.3 is 0 Å². The van der Waals surface area contributed by atoms with Gasteiger partial charge in [-0.2, -0.15) is 0 Å². The Bertz CT molecular complexity index is 554. The molecule has 2 heterocycles. The predicted octanol–water partition coefficient (Wildman–Crippen LogP) is 3.17. The van der Waals surface area contributed by atoms with E-state index in [1.807, 2.05) is 7.05 Å². The molecule has 0 amide bonds. The predicted molar refractivity (Wildman–Crippen MR) is 106 cm³/mol. The highest BCUT2D eigenvalue weighted by Gasteiger charge is 2.27. The maximum Gasteiger partial charge on any atom is 0.193 e. The average Bonchev–Trinajstić information content (AvgIpc) is 3.13. The molecule has 4 heteroatoms. The van der Waals surface area contributed by atoms with E-state index in [2.05, 4.69) is 64.3 Å². The van der Waals surface area contributed by atoms with Crippen molar-refractivity contribution in [2.24, 2.45) is 10.9 Å². The lowest BCUT2D eigenvalue weighted by atomic mass is 9.97. The molecule has 138 valence electrons. The fraction of sp³-hybridized carbons (Fsp3) is 0.667. The first-order chi connectivity index (χ1) is 12.2. The molecule has 2 atom stereocenters. The summed E-state index contributed by atoms with van der Waals surface area (Å²) >= 11 is 0. The van der Waals surface area contributed by atoms with E-state index in [0.717, 1.165) is 31.5 Å². The van der Waals surface area contributed by atoms with Crippen LogP contribution in [0.1, 0.15) is 44.6 Å². The van der Waals surface area contributed by atoms with Crippen molar-refractivity contribution in [2.45, 2.75) is 45.1 Å². The first-order valence-electron chi connectivity index (χ1n) is 9.92. The fourth-order valence-electron chi connectivity index (χ4n) is 4.25. The summed E-state index contributed by atoms with van der Waals surface area (Å²) in [6.07, 6.45) is 3.87. The van der Waals surface area contributed by atoms with E-state index in [0.29, 0.717) is 12.0 Å². The standard InChI is InChI=1S/C21H34N4/c1-17(2)24-12-7-8-18(15-24)14-23-21(22-3)25-13-11-20(16-25)19-9-5-4-6-10-19/h4-6,9-10,17-18,20H,7-8,11-16H2,1-3H3,(H,22,23). The van der Waals surface area contributed by atoms with Gasteiger partial charge < -0.3 is 15.1 Å². The Labute approximate surface area is 153 Å². The Hall–Kier alpha value is -1.55. The number of benzene rings is 1. The molecule has 3 rings (SSSR count). The number of likely N-dealkylation sites (tertiary alicyclic amines) is 2. The van der Waals surface area contributed by atoms with Crippen LogP contribution in [0, 0.1) is 5.92 Å². The quantitative estimate of drug-likeness (QED) is 0.673. The van der Waals surface area contributed by atoms with Gasteiger partial charge in [-0.1, -0.05) is 30.3 Å². The lowest BCUT2D eigenvalue weighted by Gasteiger charge is -2.36. The van der Waals surface area contributed by atoms with E-state index in [9.17, 15) is 0 Å². The Kier molecular flexibility index (Phi) is 6.35. The monoisotopic (exact) mass is 342 g/mol. The van der Waals surface area contributed by atoms with Gasteiger partial charge in [0.1, 0.15) is 0 Å². The van der Waals surface area contributed by atoms with Crippen molar-refractivity contribution in [3.63, 3.8) is 0 Å². The second-order valence-electron chi connectivity index (χ2n) is 7.87. The molecule has 1 aromatic rings. The Balaban J connectivity index is 1.50. The lowest BCUT2D eigenvalue weighted by Crippen LogP contribution is -2.46. The van der Waals surface area contributed by atoms with Crippen molar-refractivity contribution in [3.05, 3.63) is 35.9 Å². The molecular weight excluding hydrogens is 308 g/mol. The summed E-state index contributed by atoms with van der Waals surface area (Å²) in [7, 11) is 1.92. The number of piperidine rings is 1. The van der Waals surface area contributed by atoms with Gasteiger partial charge in [0, 0.05) is 45.2 Å². The van der Waals surface area contributed by atoms with Crippen LogP contribution in [-0.4, -0.2) is 61.6 Å². The van der Waals surface area contributed by atoms with Crippen molar-refractivity contribution in [1.29, 1.82) is 0 Å². The van der Waals surface area contributed by atoms with Gasteiger partial charge in [0.25, 0.3) is 0 Å². The number of hydrogen-bond acceptors (Lipinski definition) is 2. The number of nitrogens with zero attached hydrogens (tertiary/aromatic N) is 3. The van der Waals surface area contributed by atoms with E-state index < -0.39 is 0 Å². The Morgan fingerprint density at radius 2 is 1.96 bits per heavy atom. The normalized spacial score (nSPS) is 25.6. The van der Waals surface area contributed by atoms with Gasteiger partial charge in [0.2, 0.25) is 0 Å². The third-order valence-corrected chi connectivity index (χ3v) is 5.80. The van der Waals surface area contributed by atoms with Crippen LogP contribution in [0.4, 0.5) is 0 Å². The molecule has 0 radical (unpaired) electrons. The van der Waals surface area contributed by atoms with Crippen molar-refractivity contribution in [3.8, 4) is 0 Å². The zero-order valence-electron chi connectivity index (χ0n) is 16.1. The topological polar surface area (TPSA) is 30.9 Å². The molecule has 2 unspecified atom stereocenters. The largest absolute Gasteiger partial charge is 0.356 e. The second kappa shape index (κ2) is 8.70. The van der Waals surface area contributed by atoms with Crippen LogP contribution < -0.4 is 5.32 Å².